The van der Waals surface area contributed by atoms with Gasteiger partial charge in [0, 0.05) is 12.7 Å². The standard InChI is InChI=1S/C16H24N2O2/c1-5-20-15(19)14-13(2)8-11-18(14)10-7-6-9-16(3,4)12-17/h8,11H,5-7,9-10H2,1-4H3. The molecule has 0 atom stereocenters. The first-order valence-electron chi connectivity index (χ1n) is 7.15. The Hall–Kier alpha value is -1.76. The molecule has 0 fully saturated rings. The molecule has 20 heavy (non-hydrogen) atoms. The summed E-state index contributed by atoms with van der Waals surface area (Å²) in [5.74, 6) is -0.257. The molecule has 0 N–H and O–H groups in total. The fraction of sp³-hybridized carbons (Fsp3) is 0.625. The summed E-state index contributed by atoms with van der Waals surface area (Å²) in [6, 6.07) is 4.25. The van der Waals surface area contributed by atoms with E-state index in [-0.39, 0.29) is 11.4 Å². The number of nitriles is 1. The molecule has 1 aromatic rings. The first kappa shape index (κ1) is 16.3. The largest absolute Gasteiger partial charge is 0.461 e. The van der Waals surface area contributed by atoms with Gasteiger partial charge >= 0.3 is 5.97 Å². The lowest BCUT2D eigenvalue weighted by molar-refractivity contribution is 0.0512. The maximum Gasteiger partial charge on any atom is 0.355 e. The highest BCUT2D eigenvalue weighted by atomic mass is 16.5. The maximum absolute atomic E-state index is 11.9. The molecule has 0 aliphatic rings. The van der Waals surface area contributed by atoms with Crippen molar-refractivity contribution in [3.8, 4) is 6.07 Å². The van der Waals surface area contributed by atoms with Crippen LogP contribution in [0.15, 0.2) is 12.3 Å². The Balaban J connectivity index is 2.57. The number of ether oxygens (including phenoxy) is 1. The molecular formula is C16H24N2O2. The van der Waals surface area contributed by atoms with E-state index >= 15 is 0 Å². The van der Waals surface area contributed by atoms with Gasteiger partial charge in [-0.25, -0.2) is 4.79 Å². The maximum atomic E-state index is 11.9. The molecule has 0 aliphatic carbocycles. The van der Waals surface area contributed by atoms with Gasteiger partial charge in [0.2, 0.25) is 0 Å². The van der Waals surface area contributed by atoms with E-state index in [0.717, 1.165) is 31.4 Å². The molecule has 0 aliphatic heterocycles. The quantitative estimate of drug-likeness (QED) is 0.563. The molecule has 1 aromatic heterocycles. The van der Waals surface area contributed by atoms with Gasteiger partial charge in [-0.05, 0) is 52.2 Å². The predicted octanol–water partition coefficient (Wildman–Crippen LogP) is 3.69. The van der Waals surface area contributed by atoms with Crippen molar-refractivity contribution in [2.75, 3.05) is 6.61 Å². The van der Waals surface area contributed by atoms with Crippen molar-refractivity contribution in [3.63, 3.8) is 0 Å². The van der Waals surface area contributed by atoms with E-state index < -0.39 is 0 Å². The summed E-state index contributed by atoms with van der Waals surface area (Å²) in [6.45, 7) is 8.81. The topological polar surface area (TPSA) is 55.0 Å². The number of aromatic nitrogens is 1. The van der Waals surface area contributed by atoms with Crippen LogP contribution in [0.2, 0.25) is 0 Å². The lowest BCUT2D eigenvalue weighted by Crippen LogP contribution is -2.14. The molecule has 1 rings (SSSR count). The van der Waals surface area contributed by atoms with Crippen molar-refractivity contribution in [2.24, 2.45) is 5.41 Å². The van der Waals surface area contributed by atoms with Crippen LogP contribution in [0.1, 0.15) is 56.1 Å². The number of hydrogen-bond donors (Lipinski definition) is 0. The second-order valence-electron chi connectivity index (χ2n) is 5.71. The summed E-state index contributed by atoms with van der Waals surface area (Å²) in [5.41, 5.74) is 1.32. The molecule has 0 radical (unpaired) electrons. The molecule has 1 heterocycles. The SMILES string of the molecule is CCOC(=O)c1c(C)ccn1CCCCC(C)(C)C#N. The van der Waals surface area contributed by atoms with Gasteiger partial charge in [-0.3, -0.25) is 0 Å². The summed E-state index contributed by atoms with van der Waals surface area (Å²) < 4.78 is 7.03. The Morgan fingerprint density at radius 3 is 2.75 bits per heavy atom. The van der Waals surface area contributed by atoms with Crippen LogP contribution in [0.25, 0.3) is 0 Å². The minimum Gasteiger partial charge on any atom is -0.461 e. The van der Waals surface area contributed by atoms with E-state index in [1.807, 2.05) is 44.5 Å². The van der Waals surface area contributed by atoms with Crippen molar-refractivity contribution in [1.82, 2.24) is 4.57 Å². The number of carbonyl (C=O) groups is 1. The van der Waals surface area contributed by atoms with E-state index in [1.54, 1.807) is 0 Å². The number of esters is 1. The fourth-order valence-corrected chi connectivity index (χ4v) is 2.15. The van der Waals surface area contributed by atoms with Crippen molar-refractivity contribution < 1.29 is 9.53 Å². The zero-order valence-corrected chi connectivity index (χ0v) is 12.9. The second-order valence-corrected chi connectivity index (χ2v) is 5.71. The van der Waals surface area contributed by atoms with E-state index in [9.17, 15) is 4.79 Å². The van der Waals surface area contributed by atoms with E-state index in [0.29, 0.717) is 12.3 Å². The van der Waals surface area contributed by atoms with Crippen LogP contribution in [-0.4, -0.2) is 17.1 Å². The van der Waals surface area contributed by atoms with E-state index in [1.165, 1.54) is 0 Å². The summed E-state index contributed by atoms with van der Waals surface area (Å²) in [6.07, 6.45) is 4.72. The number of rotatable bonds is 7. The highest BCUT2D eigenvalue weighted by Gasteiger charge is 2.17. The van der Waals surface area contributed by atoms with Gasteiger partial charge in [0.05, 0.1) is 18.1 Å². The predicted molar refractivity (Wildman–Crippen MR) is 78.4 cm³/mol. The van der Waals surface area contributed by atoms with E-state index in [4.69, 9.17) is 10.00 Å². The molecule has 0 spiro atoms. The highest BCUT2D eigenvalue weighted by Crippen LogP contribution is 2.22. The molecule has 0 bridgehead atoms. The van der Waals surface area contributed by atoms with Gasteiger partial charge in [0.25, 0.3) is 0 Å². The van der Waals surface area contributed by atoms with Crippen molar-refractivity contribution in [1.29, 1.82) is 5.26 Å². The van der Waals surface area contributed by atoms with Gasteiger partial charge < -0.3 is 9.30 Å². The number of hydrogen-bond acceptors (Lipinski definition) is 3. The number of unbranched alkanes of at least 4 members (excludes halogenated alkanes) is 1. The molecule has 0 saturated carbocycles. The fourth-order valence-electron chi connectivity index (χ4n) is 2.15. The van der Waals surface area contributed by atoms with Crippen LogP contribution in [0.5, 0.6) is 0 Å². The van der Waals surface area contributed by atoms with Gasteiger partial charge in [-0.2, -0.15) is 5.26 Å². The molecular weight excluding hydrogens is 252 g/mol. The van der Waals surface area contributed by atoms with Crippen LogP contribution in [0.4, 0.5) is 0 Å². The monoisotopic (exact) mass is 276 g/mol. The summed E-state index contributed by atoms with van der Waals surface area (Å²) in [7, 11) is 0. The van der Waals surface area contributed by atoms with Crippen molar-refractivity contribution >= 4 is 5.97 Å². The summed E-state index contributed by atoms with van der Waals surface area (Å²) in [4.78, 5) is 11.9. The Bertz CT molecular complexity index is 495. The first-order chi connectivity index (χ1) is 9.41. The molecule has 0 aromatic carbocycles. The number of aryl methyl sites for hydroxylation is 2. The molecule has 4 heteroatoms. The second kappa shape index (κ2) is 7.14. The Morgan fingerprint density at radius 1 is 1.45 bits per heavy atom. The molecule has 110 valence electrons. The van der Waals surface area contributed by atoms with Crippen LogP contribution in [0, 0.1) is 23.7 Å². The van der Waals surface area contributed by atoms with Crippen LogP contribution >= 0.6 is 0 Å². The number of nitrogens with zero attached hydrogens (tertiary/aromatic N) is 2. The molecule has 4 nitrogen and oxygen atoms in total. The average molecular weight is 276 g/mol. The van der Waals surface area contributed by atoms with Crippen LogP contribution in [0.3, 0.4) is 0 Å². The Kier molecular flexibility index (Phi) is 5.82. The first-order valence-corrected chi connectivity index (χ1v) is 7.15. The van der Waals surface area contributed by atoms with E-state index in [2.05, 4.69) is 6.07 Å². The molecule has 0 amide bonds. The lowest BCUT2D eigenvalue weighted by atomic mass is 9.89. The third-order valence-corrected chi connectivity index (χ3v) is 3.39. The average Bonchev–Trinajstić information content (AvgIpc) is 2.76. The van der Waals surface area contributed by atoms with Crippen molar-refractivity contribution in [3.05, 3.63) is 23.5 Å². The molecule has 0 unspecified atom stereocenters. The summed E-state index contributed by atoms with van der Waals surface area (Å²) in [5, 5.41) is 8.97. The Morgan fingerprint density at radius 2 is 2.15 bits per heavy atom. The third-order valence-electron chi connectivity index (χ3n) is 3.39. The molecule has 0 saturated heterocycles. The van der Waals surface area contributed by atoms with Crippen molar-refractivity contribution in [2.45, 2.75) is 53.5 Å². The third kappa shape index (κ3) is 4.41. The normalized spacial score (nSPS) is 11.2. The zero-order chi connectivity index (χ0) is 15.2. The highest BCUT2D eigenvalue weighted by molar-refractivity contribution is 5.89. The van der Waals surface area contributed by atoms with Gasteiger partial charge in [-0.15, -0.1) is 0 Å². The van der Waals surface area contributed by atoms with Gasteiger partial charge in [0.15, 0.2) is 0 Å². The smallest absolute Gasteiger partial charge is 0.355 e. The van der Waals surface area contributed by atoms with Crippen LogP contribution < -0.4 is 0 Å². The van der Waals surface area contributed by atoms with Gasteiger partial charge in [-0.1, -0.05) is 6.42 Å². The minimum absolute atomic E-state index is 0.257. The lowest BCUT2D eigenvalue weighted by Gasteiger charge is -2.15. The number of carbonyl (C=O) groups excluding carboxylic acids is 1. The minimum atomic E-state index is -0.267. The van der Waals surface area contributed by atoms with Gasteiger partial charge in [0.1, 0.15) is 5.69 Å². The van der Waals surface area contributed by atoms with Crippen LogP contribution in [-0.2, 0) is 11.3 Å². The Labute approximate surface area is 121 Å². The zero-order valence-electron chi connectivity index (χ0n) is 12.9. The summed E-state index contributed by atoms with van der Waals surface area (Å²) >= 11 is 0.